The molecular formula is C23H30ClN5O3. The average Bonchev–Trinajstić information content (AvgIpc) is 2.78. The van der Waals surface area contributed by atoms with Gasteiger partial charge < -0.3 is 20.7 Å². The molecule has 0 spiro atoms. The first kappa shape index (κ1) is 23.8. The molecule has 0 aliphatic carbocycles. The van der Waals surface area contributed by atoms with Gasteiger partial charge in [-0.25, -0.2) is 9.97 Å². The van der Waals surface area contributed by atoms with Gasteiger partial charge in [-0.3, -0.25) is 9.59 Å². The van der Waals surface area contributed by atoms with Gasteiger partial charge in [0, 0.05) is 24.3 Å². The van der Waals surface area contributed by atoms with Gasteiger partial charge in [-0.1, -0.05) is 12.1 Å². The van der Waals surface area contributed by atoms with Crippen LogP contribution in [-0.4, -0.2) is 52.9 Å². The van der Waals surface area contributed by atoms with Crippen molar-refractivity contribution in [3.05, 3.63) is 46.4 Å². The number of hydrogen-bond donors (Lipinski definition) is 2. The molecule has 1 saturated heterocycles. The minimum Gasteiger partial charge on any atom is -0.496 e. The molecule has 2 aromatic rings. The molecule has 32 heavy (non-hydrogen) atoms. The quantitative estimate of drug-likeness (QED) is 0.616. The number of halogens is 1. The number of amides is 2. The third-order valence-corrected chi connectivity index (χ3v) is 6.19. The number of benzene rings is 1. The number of carbonyl (C=O) groups is 2. The summed E-state index contributed by atoms with van der Waals surface area (Å²) >= 11 is 5.85. The second-order valence-corrected chi connectivity index (χ2v) is 8.48. The van der Waals surface area contributed by atoms with E-state index < -0.39 is 6.04 Å². The Balaban J connectivity index is 1.49. The van der Waals surface area contributed by atoms with Gasteiger partial charge in [0.05, 0.1) is 12.7 Å². The number of aromatic nitrogens is 2. The van der Waals surface area contributed by atoms with Crippen molar-refractivity contribution in [1.29, 1.82) is 0 Å². The number of methoxy groups -OCH3 is 1. The lowest BCUT2D eigenvalue weighted by molar-refractivity contribution is -0.134. The van der Waals surface area contributed by atoms with Crippen molar-refractivity contribution in [2.24, 2.45) is 5.92 Å². The molecule has 3 N–H and O–H groups in total. The summed E-state index contributed by atoms with van der Waals surface area (Å²) in [5.74, 6) is 1.02. The number of nitrogen functional groups attached to an aromatic ring is 1. The molecule has 172 valence electrons. The Hall–Kier alpha value is -2.87. The summed E-state index contributed by atoms with van der Waals surface area (Å²) in [6.45, 7) is 4.95. The molecule has 1 aromatic carbocycles. The Labute approximate surface area is 193 Å². The highest BCUT2D eigenvalue weighted by Crippen LogP contribution is 2.25. The van der Waals surface area contributed by atoms with Gasteiger partial charge in [-0.15, -0.1) is 0 Å². The Morgan fingerprint density at radius 3 is 2.62 bits per heavy atom. The number of ether oxygens (including phenoxy) is 1. The van der Waals surface area contributed by atoms with E-state index in [-0.39, 0.29) is 17.1 Å². The van der Waals surface area contributed by atoms with Crippen molar-refractivity contribution in [3.8, 4) is 5.75 Å². The lowest BCUT2D eigenvalue weighted by atomic mass is 9.90. The molecule has 1 atom stereocenters. The third-order valence-electron chi connectivity index (χ3n) is 6.02. The van der Waals surface area contributed by atoms with Crippen LogP contribution in [0.2, 0.25) is 5.28 Å². The van der Waals surface area contributed by atoms with E-state index in [1.807, 2.05) is 11.8 Å². The van der Waals surface area contributed by atoms with E-state index in [9.17, 15) is 9.59 Å². The van der Waals surface area contributed by atoms with E-state index in [0.717, 1.165) is 36.9 Å². The average molecular weight is 460 g/mol. The van der Waals surface area contributed by atoms with Crippen LogP contribution in [0.1, 0.15) is 47.8 Å². The zero-order valence-corrected chi connectivity index (χ0v) is 19.5. The number of nitrogens with zero attached hydrogens (tertiary/aromatic N) is 3. The molecular weight excluding hydrogens is 430 g/mol. The topological polar surface area (TPSA) is 110 Å². The number of aryl methyl sites for hydroxylation is 1. The lowest BCUT2D eigenvalue weighted by Crippen LogP contribution is -2.49. The van der Waals surface area contributed by atoms with Gasteiger partial charge in [-0.05, 0) is 69.2 Å². The van der Waals surface area contributed by atoms with Crippen LogP contribution in [0.4, 0.5) is 5.82 Å². The van der Waals surface area contributed by atoms with Crippen molar-refractivity contribution >= 4 is 29.2 Å². The van der Waals surface area contributed by atoms with Gasteiger partial charge in [0.1, 0.15) is 17.6 Å². The molecule has 2 heterocycles. The summed E-state index contributed by atoms with van der Waals surface area (Å²) in [6, 6.07) is 6.34. The van der Waals surface area contributed by atoms with E-state index in [4.69, 9.17) is 22.1 Å². The summed E-state index contributed by atoms with van der Waals surface area (Å²) in [7, 11) is 1.51. The molecule has 0 radical (unpaired) electrons. The number of nitrogens with two attached hydrogens (primary N) is 1. The van der Waals surface area contributed by atoms with E-state index in [0.29, 0.717) is 36.1 Å². The van der Waals surface area contributed by atoms with Crippen LogP contribution in [0.5, 0.6) is 5.75 Å². The third kappa shape index (κ3) is 5.68. The summed E-state index contributed by atoms with van der Waals surface area (Å²) in [5, 5.41) is 2.96. The Morgan fingerprint density at radius 2 is 1.97 bits per heavy atom. The molecule has 0 bridgehead atoms. The van der Waals surface area contributed by atoms with Crippen LogP contribution in [0.15, 0.2) is 24.3 Å². The number of piperidine rings is 1. The first-order chi connectivity index (χ1) is 15.3. The molecule has 1 aromatic heterocycles. The van der Waals surface area contributed by atoms with E-state index in [2.05, 4.69) is 15.3 Å². The predicted molar refractivity (Wildman–Crippen MR) is 124 cm³/mol. The van der Waals surface area contributed by atoms with Gasteiger partial charge in [0.25, 0.3) is 5.91 Å². The minimum atomic E-state index is -0.613. The number of hydrogen-bond acceptors (Lipinski definition) is 6. The zero-order valence-electron chi connectivity index (χ0n) is 18.7. The fourth-order valence-corrected chi connectivity index (χ4v) is 4.34. The minimum absolute atomic E-state index is 0.0714. The number of anilines is 1. The van der Waals surface area contributed by atoms with Crippen LogP contribution >= 0.6 is 11.6 Å². The summed E-state index contributed by atoms with van der Waals surface area (Å²) < 4.78 is 5.23. The molecule has 3 rings (SSSR count). The van der Waals surface area contributed by atoms with Crippen molar-refractivity contribution in [1.82, 2.24) is 20.2 Å². The standard InChI is InChI=1S/C23H30ClN5O3/c1-14-17(20(25)28-23(24)27-14)9-8-16-10-12-29(13-11-16)22(31)15(2)26-21(30)18-6-4-5-7-19(18)32-3/h4-7,15-16H,8-13H2,1-3H3,(H,26,30)(H2,25,27,28). The van der Waals surface area contributed by atoms with Crippen molar-refractivity contribution in [3.63, 3.8) is 0 Å². The van der Waals surface area contributed by atoms with E-state index in [1.54, 1.807) is 31.2 Å². The molecule has 1 fully saturated rings. The van der Waals surface area contributed by atoms with Crippen LogP contribution in [0, 0.1) is 12.8 Å². The Kier molecular flexibility index (Phi) is 7.90. The largest absolute Gasteiger partial charge is 0.496 e. The fourth-order valence-electron chi connectivity index (χ4n) is 4.12. The summed E-state index contributed by atoms with van der Waals surface area (Å²) in [6.07, 6.45) is 3.57. The monoisotopic (exact) mass is 459 g/mol. The van der Waals surface area contributed by atoms with Gasteiger partial charge >= 0.3 is 0 Å². The van der Waals surface area contributed by atoms with Crippen LogP contribution < -0.4 is 15.8 Å². The van der Waals surface area contributed by atoms with Gasteiger partial charge in [0.15, 0.2) is 0 Å². The number of likely N-dealkylation sites (tertiary alicyclic amines) is 1. The predicted octanol–water partition coefficient (Wildman–Crippen LogP) is 3.02. The molecule has 1 unspecified atom stereocenters. The van der Waals surface area contributed by atoms with Gasteiger partial charge in [-0.2, -0.15) is 0 Å². The van der Waals surface area contributed by atoms with Crippen molar-refractivity contribution in [2.45, 2.75) is 45.6 Å². The highest BCUT2D eigenvalue weighted by molar-refractivity contribution is 6.28. The van der Waals surface area contributed by atoms with Crippen LogP contribution in [0.25, 0.3) is 0 Å². The van der Waals surface area contributed by atoms with E-state index >= 15 is 0 Å². The SMILES string of the molecule is COc1ccccc1C(=O)NC(C)C(=O)N1CCC(CCc2c(C)nc(Cl)nc2N)CC1. The first-order valence-corrected chi connectivity index (χ1v) is 11.2. The van der Waals surface area contributed by atoms with Crippen molar-refractivity contribution in [2.75, 3.05) is 25.9 Å². The fraction of sp³-hybridized carbons (Fsp3) is 0.478. The smallest absolute Gasteiger partial charge is 0.255 e. The van der Waals surface area contributed by atoms with Crippen LogP contribution in [0.3, 0.4) is 0 Å². The maximum Gasteiger partial charge on any atom is 0.255 e. The molecule has 1 aliphatic heterocycles. The van der Waals surface area contributed by atoms with Gasteiger partial charge in [0.2, 0.25) is 11.2 Å². The second-order valence-electron chi connectivity index (χ2n) is 8.14. The number of para-hydroxylation sites is 1. The molecule has 0 saturated carbocycles. The van der Waals surface area contributed by atoms with Crippen molar-refractivity contribution < 1.29 is 14.3 Å². The maximum absolute atomic E-state index is 12.9. The second kappa shape index (κ2) is 10.6. The number of rotatable bonds is 7. The summed E-state index contributed by atoms with van der Waals surface area (Å²) in [4.78, 5) is 35.5. The maximum atomic E-state index is 12.9. The number of nitrogens with one attached hydrogen (secondary N) is 1. The molecule has 2 amide bonds. The molecule has 8 nitrogen and oxygen atoms in total. The Morgan fingerprint density at radius 1 is 1.28 bits per heavy atom. The molecule has 9 heteroatoms. The highest BCUT2D eigenvalue weighted by Gasteiger charge is 2.27. The molecule has 1 aliphatic rings. The first-order valence-electron chi connectivity index (χ1n) is 10.8. The number of carbonyl (C=O) groups excluding carboxylic acids is 2. The normalized spacial score (nSPS) is 15.3. The highest BCUT2D eigenvalue weighted by atomic mass is 35.5. The lowest BCUT2D eigenvalue weighted by Gasteiger charge is -2.34. The Bertz CT molecular complexity index is 953. The van der Waals surface area contributed by atoms with Crippen LogP contribution in [-0.2, 0) is 11.2 Å². The van der Waals surface area contributed by atoms with E-state index in [1.165, 1.54) is 7.11 Å². The summed E-state index contributed by atoms with van der Waals surface area (Å²) in [5.41, 5.74) is 8.17. The zero-order chi connectivity index (χ0) is 23.3.